The fourth-order valence-corrected chi connectivity index (χ4v) is 1.72. The molecule has 1 heterocycles. The molecule has 2 rings (SSSR count). The predicted molar refractivity (Wildman–Crippen MR) is 54.3 cm³/mol. The summed E-state index contributed by atoms with van der Waals surface area (Å²) in [4.78, 5) is 11.3. The number of oxazole rings is 1. The quantitative estimate of drug-likeness (QED) is 0.444. The summed E-state index contributed by atoms with van der Waals surface area (Å²) in [7, 11) is 0. The van der Waals surface area contributed by atoms with E-state index in [4.69, 9.17) is 4.42 Å². The average molecular weight is 249 g/mol. The van der Waals surface area contributed by atoms with Gasteiger partial charge in [0, 0.05) is 12.3 Å². The zero-order chi connectivity index (χ0) is 10.8. The van der Waals surface area contributed by atoms with Crippen LogP contribution in [0, 0.1) is 0 Å². The van der Waals surface area contributed by atoms with Gasteiger partial charge in [0.1, 0.15) is 0 Å². The van der Waals surface area contributed by atoms with Crippen molar-refractivity contribution in [1.29, 1.82) is 0 Å². The number of rotatable bonds is 3. The van der Waals surface area contributed by atoms with E-state index in [0.717, 1.165) is 0 Å². The van der Waals surface area contributed by atoms with Crippen LogP contribution in [0.4, 0.5) is 0 Å². The number of aryl methyl sites for hydroxylation is 1. The van der Waals surface area contributed by atoms with Crippen LogP contribution in [-0.4, -0.2) is 19.1 Å². The third-order valence-electron chi connectivity index (χ3n) is 2.06. The summed E-state index contributed by atoms with van der Waals surface area (Å²) in [6, 6.07) is 6.90. The van der Waals surface area contributed by atoms with E-state index < -0.39 is 16.8 Å². The average Bonchev–Trinajstić information content (AvgIpc) is 2.50. The second-order valence-corrected chi connectivity index (χ2v) is 4.01. The zero-order valence-electron chi connectivity index (χ0n) is 8.71. The second-order valence-electron chi connectivity index (χ2n) is 3.00. The van der Waals surface area contributed by atoms with Gasteiger partial charge in [-0.25, -0.2) is 4.79 Å². The van der Waals surface area contributed by atoms with Gasteiger partial charge >= 0.3 is 35.3 Å². The van der Waals surface area contributed by atoms with Crippen LogP contribution in [0.15, 0.2) is 33.5 Å². The summed E-state index contributed by atoms with van der Waals surface area (Å²) in [5.74, 6) is -0.620. The molecule has 0 bridgehead atoms. The minimum Gasteiger partial charge on any atom is -0.772 e. The Balaban J connectivity index is 0.00000128. The van der Waals surface area contributed by atoms with E-state index in [0.29, 0.717) is 11.1 Å². The summed E-state index contributed by atoms with van der Waals surface area (Å²) in [5, 5.41) is 0. The number of fused-ring (bicyclic) bond motifs is 1. The van der Waals surface area contributed by atoms with E-state index in [9.17, 15) is 13.6 Å². The smallest absolute Gasteiger partial charge is 0.772 e. The Bertz CT molecular complexity index is 562. The van der Waals surface area contributed by atoms with E-state index in [1.807, 2.05) is 0 Å². The van der Waals surface area contributed by atoms with E-state index in [2.05, 4.69) is 0 Å². The molecule has 0 aliphatic carbocycles. The minimum absolute atomic E-state index is 0. The maximum atomic E-state index is 11.3. The molecule has 1 atom stereocenters. The molecular weight excluding hydrogens is 241 g/mol. The van der Waals surface area contributed by atoms with Crippen molar-refractivity contribution in [2.75, 3.05) is 5.75 Å². The molecule has 0 fully saturated rings. The number of nitrogens with zero attached hydrogens (tertiary/aromatic N) is 1. The number of hydrogen-bond acceptors (Lipinski definition) is 4. The standard InChI is InChI=1S/C9H9NO4S.Na/c11-9-10(5-6-15(12)13)7-3-1-2-4-8(7)14-9;/h1-4H,5-6H2,(H,12,13);/q;+1/p-1. The van der Waals surface area contributed by atoms with Gasteiger partial charge in [-0.3, -0.25) is 8.78 Å². The summed E-state index contributed by atoms with van der Waals surface area (Å²) < 4.78 is 27.0. The van der Waals surface area contributed by atoms with Gasteiger partial charge in [0.05, 0.1) is 5.52 Å². The van der Waals surface area contributed by atoms with Crippen LogP contribution in [-0.2, 0) is 17.6 Å². The van der Waals surface area contributed by atoms with Crippen molar-refractivity contribution in [2.24, 2.45) is 0 Å². The van der Waals surface area contributed by atoms with E-state index in [-0.39, 0.29) is 41.9 Å². The molecule has 5 nitrogen and oxygen atoms in total. The topological polar surface area (TPSA) is 75.3 Å². The van der Waals surface area contributed by atoms with E-state index >= 15 is 0 Å². The first-order valence-corrected chi connectivity index (χ1v) is 5.57. The molecule has 0 N–H and O–H groups in total. The van der Waals surface area contributed by atoms with Crippen LogP contribution >= 0.6 is 0 Å². The molecular formula is C9H8NNaO4S. The van der Waals surface area contributed by atoms with Gasteiger partial charge in [0.15, 0.2) is 5.58 Å². The summed E-state index contributed by atoms with van der Waals surface area (Å²) in [6.07, 6.45) is 0. The number of hydrogen-bond donors (Lipinski definition) is 0. The molecule has 1 aromatic carbocycles. The third kappa shape index (κ3) is 2.83. The van der Waals surface area contributed by atoms with Gasteiger partial charge in [-0.05, 0) is 12.1 Å². The second kappa shape index (κ2) is 5.79. The largest absolute Gasteiger partial charge is 1.00 e. The van der Waals surface area contributed by atoms with E-state index in [1.54, 1.807) is 24.3 Å². The molecule has 0 saturated carbocycles. The van der Waals surface area contributed by atoms with Crippen molar-refractivity contribution < 1.29 is 42.7 Å². The van der Waals surface area contributed by atoms with Gasteiger partial charge < -0.3 is 8.97 Å². The number of aromatic nitrogens is 1. The van der Waals surface area contributed by atoms with Crippen LogP contribution in [0.1, 0.15) is 0 Å². The first kappa shape index (κ1) is 13.7. The Morgan fingerprint density at radius 2 is 2.06 bits per heavy atom. The molecule has 80 valence electrons. The van der Waals surface area contributed by atoms with Crippen molar-refractivity contribution in [3.63, 3.8) is 0 Å². The Morgan fingerprint density at radius 1 is 1.38 bits per heavy atom. The van der Waals surface area contributed by atoms with Gasteiger partial charge in [-0.15, -0.1) is 0 Å². The van der Waals surface area contributed by atoms with Crippen LogP contribution in [0.3, 0.4) is 0 Å². The van der Waals surface area contributed by atoms with Crippen LogP contribution in [0.25, 0.3) is 11.1 Å². The van der Waals surface area contributed by atoms with E-state index in [1.165, 1.54) is 4.57 Å². The van der Waals surface area contributed by atoms with Crippen molar-refractivity contribution >= 4 is 22.2 Å². The van der Waals surface area contributed by atoms with Gasteiger partial charge in [0.25, 0.3) is 0 Å². The molecule has 2 aromatic rings. The molecule has 1 aromatic heterocycles. The molecule has 16 heavy (non-hydrogen) atoms. The SMILES string of the molecule is O=c1oc2ccccc2n1CCS(=O)[O-].[Na+]. The molecule has 0 saturated heterocycles. The first-order valence-electron chi connectivity index (χ1n) is 4.33. The molecule has 0 amide bonds. The Hall–Kier alpha value is -0.400. The van der Waals surface area contributed by atoms with Crippen LogP contribution in [0.5, 0.6) is 0 Å². The van der Waals surface area contributed by atoms with Gasteiger partial charge in [-0.1, -0.05) is 23.2 Å². The summed E-state index contributed by atoms with van der Waals surface area (Å²) >= 11 is -2.15. The normalized spacial score (nSPS) is 12.3. The van der Waals surface area contributed by atoms with Gasteiger partial charge in [-0.2, -0.15) is 0 Å². The van der Waals surface area contributed by atoms with Crippen LogP contribution in [0.2, 0.25) is 0 Å². The fourth-order valence-electron chi connectivity index (χ4n) is 1.39. The monoisotopic (exact) mass is 249 g/mol. The predicted octanol–water partition coefficient (Wildman–Crippen LogP) is -2.52. The Labute approximate surface area is 116 Å². The van der Waals surface area contributed by atoms with Crippen molar-refractivity contribution in [3.8, 4) is 0 Å². The zero-order valence-corrected chi connectivity index (χ0v) is 11.5. The number of benzene rings is 1. The van der Waals surface area contributed by atoms with Crippen molar-refractivity contribution in [2.45, 2.75) is 6.54 Å². The number of para-hydroxylation sites is 2. The Morgan fingerprint density at radius 3 is 2.75 bits per heavy atom. The summed E-state index contributed by atoms with van der Waals surface area (Å²) in [5.41, 5.74) is 1.09. The van der Waals surface area contributed by atoms with Crippen molar-refractivity contribution in [1.82, 2.24) is 4.57 Å². The fraction of sp³-hybridized carbons (Fsp3) is 0.222. The third-order valence-corrected chi connectivity index (χ3v) is 2.57. The molecule has 0 radical (unpaired) electrons. The van der Waals surface area contributed by atoms with Crippen molar-refractivity contribution in [3.05, 3.63) is 34.8 Å². The molecule has 0 aliphatic heterocycles. The minimum atomic E-state index is -2.15. The molecule has 7 heteroatoms. The first-order chi connectivity index (χ1) is 7.18. The van der Waals surface area contributed by atoms with Crippen LogP contribution < -0.4 is 35.3 Å². The molecule has 0 aliphatic rings. The summed E-state index contributed by atoms with van der Waals surface area (Å²) in [6.45, 7) is 0.117. The Kier molecular flexibility index (Phi) is 4.94. The van der Waals surface area contributed by atoms with Gasteiger partial charge in [0.2, 0.25) is 0 Å². The molecule has 1 unspecified atom stereocenters. The maximum absolute atomic E-state index is 11.3. The molecule has 0 spiro atoms. The maximum Gasteiger partial charge on any atom is 1.00 e.